The quantitative estimate of drug-likeness (QED) is 0.773. The molecule has 0 amide bonds. The van der Waals surface area contributed by atoms with Gasteiger partial charge in [-0.05, 0) is 46.9 Å². The minimum atomic E-state index is -0.530. The van der Waals surface area contributed by atoms with Crippen LogP contribution in [-0.4, -0.2) is 6.54 Å². The van der Waals surface area contributed by atoms with Crippen LogP contribution >= 0.6 is 15.9 Å². The van der Waals surface area contributed by atoms with E-state index in [2.05, 4.69) is 21.2 Å². The van der Waals surface area contributed by atoms with Gasteiger partial charge in [0.1, 0.15) is 11.6 Å². The Morgan fingerprint density at radius 2 is 2.07 bits per heavy atom. The molecule has 1 N–H and O–H groups in total. The first-order chi connectivity index (χ1) is 7.18. The van der Waals surface area contributed by atoms with Gasteiger partial charge in [0.2, 0.25) is 0 Å². The molecule has 1 aromatic carbocycles. The monoisotopic (exact) mass is 275 g/mol. The SMILES string of the molecule is Fc1cc(F)c(Br)c(C2CCCCN2)c1. The van der Waals surface area contributed by atoms with E-state index in [1.165, 1.54) is 6.07 Å². The van der Waals surface area contributed by atoms with Crippen LogP contribution in [-0.2, 0) is 0 Å². The summed E-state index contributed by atoms with van der Waals surface area (Å²) < 4.78 is 26.7. The van der Waals surface area contributed by atoms with E-state index < -0.39 is 11.6 Å². The van der Waals surface area contributed by atoms with E-state index in [0.717, 1.165) is 31.9 Å². The summed E-state index contributed by atoms with van der Waals surface area (Å²) in [6, 6.07) is 2.37. The van der Waals surface area contributed by atoms with Crippen molar-refractivity contribution in [2.24, 2.45) is 0 Å². The zero-order valence-corrected chi connectivity index (χ0v) is 9.78. The molecule has 4 heteroatoms. The van der Waals surface area contributed by atoms with E-state index in [1.807, 2.05) is 0 Å². The first-order valence-electron chi connectivity index (χ1n) is 5.06. The fourth-order valence-electron chi connectivity index (χ4n) is 1.95. The lowest BCUT2D eigenvalue weighted by Gasteiger charge is -2.24. The molecule has 0 radical (unpaired) electrons. The van der Waals surface area contributed by atoms with Gasteiger partial charge in [-0.3, -0.25) is 0 Å². The number of halogens is 3. The third-order valence-corrected chi connectivity index (χ3v) is 3.54. The summed E-state index contributed by atoms with van der Waals surface area (Å²) in [7, 11) is 0. The Balaban J connectivity index is 2.33. The van der Waals surface area contributed by atoms with Crippen LogP contribution in [0.1, 0.15) is 30.9 Å². The Morgan fingerprint density at radius 3 is 2.73 bits per heavy atom. The Hall–Kier alpha value is -0.480. The molecule has 2 rings (SSSR count). The van der Waals surface area contributed by atoms with E-state index in [0.29, 0.717) is 10.0 Å². The molecule has 1 atom stereocenters. The van der Waals surface area contributed by atoms with Crippen molar-refractivity contribution < 1.29 is 8.78 Å². The second kappa shape index (κ2) is 4.58. The molecule has 1 aliphatic heterocycles. The van der Waals surface area contributed by atoms with E-state index in [4.69, 9.17) is 0 Å². The van der Waals surface area contributed by atoms with E-state index >= 15 is 0 Å². The molecule has 1 aliphatic rings. The maximum absolute atomic E-state index is 13.3. The maximum Gasteiger partial charge on any atom is 0.140 e. The van der Waals surface area contributed by atoms with E-state index in [9.17, 15) is 8.78 Å². The molecule has 82 valence electrons. The largest absolute Gasteiger partial charge is 0.310 e. The highest BCUT2D eigenvalue weighted by molar-refractivity contribution is 9.10. The normalized spacial score (nSPS) is 21.7. The zero-order chi connectivity index (χ0) is 10.8. The summed E-state index contributed by atoms with van der Waals surface area (Å²) >= 11 is 3.17. The van der Waals surface area contributed by atoms with E-state index in [1.54, 1.807) is 0 Å². The van der Waals surface area contributed by atoms with Crippen LogP contribution in [0, 0.1) is 11.6 Å². The molecule has 0 spiro atoms. The Kier molecular flexibility index (Phi) is 3.36. The first kappa shape index (κ1) is 11.0. The van der Waals surface area contributed by atoms with Gasteiger partial charge in [0.15, 0.2) is 0 Å². The standard InChI is InChI=1S/C11H12BrF2N/c12-11-8(5-7(13)6-9(11)14)10-3-1-2-4-15-10/h5-6,10,15H,1-4H2. The number of rotatable bonds is 1. The average molecular weight is 276 g/mol. The molecule has 0 aliphatic carbocycles. The minimum Gasteiger partial charge on any atom is -0.310 e. The zero-order valence-electron chi connectivity index (χ0n) is 8.19. The summed E-state index contributed by atoms with van der Waals surface area (Å²) in [5, 5.41) is 3.27. The van der Waals surface area contributed by atoms with Crippen molar-refractivity contribution in [3.05, 3.63) is 33.8 Å². The van der Waals surface area contributed by atoms with Crippen LogP contribution in [0.25, 0.3) is 0 Å². The number of piperidine rings is 1. The fourth-order valence-corrected chi connectivity index (χ4v) is 2.45. The Bertz CT molecular complexity index is 362. The Morgan fingerprint density at radius 1 is 1.27 bits per heavy atom. The number of hydrogen-bond acceptors (Lipinski definition) is 1. The summed E-state index contributed by atoms with van der Waals surface area (Å²) in [5.74, 6) is -1.05. The molecule has 1 nitrogen and oxygen atoms in total. The first-order valence-corrected chi connectivity index (χ1v) is 5.85. The van der Waals surface area contributed by atoms with Crippen LogP contribution in [0.5, 0.6) is 0 Å². The average Bonchev–Trinajstić information content (AvgIpc) is 2.24. The van der Waals surface area contributed by atoms with Crippen LogP contribution in [0.4, 0.5) is 8.78 Å². The van der Waals surface area contributed by atoms with Crippen LogP contribution in [0.15, 0.2) is 16.6 Å². The molecular weight excluding hydrogens is 264 g/mol. The lowest BCUT2D eigenvalue weighted by molar-refractivity contribution is 0.407. The molecule has 1 fully saturated rings. The highest BCUT2D eigenvalue weighted by atomic mass is 79.9. The molecule has 0 saturated carbocycles. The predicted molar refractivity (Wildman–Crippen MR) is 58.7 cm³/mol. The van der Waals surface area contributed by atoms with Crippen LogP contribution < -0.4 is 5.32 Å². The Labute approximate surface area is 96.0 Å². The predicted octanol–water partition coefficient (Wildman–Crippen LogP) is 3.54. The fraction of sp³-hybridized carbons (Fsp3) is 0.455. The lowest BCUT2D eigenvalue weighted by atomic mass is 9.97. The summed E-state index contributed by atoms with van der Waals surface area (Å²) in [6.07, 6.45) is 3.16. The van der Waals surface area contributed by atoms with Gasteiger partial charge in [0, 0.05) is 12.1 Å². The molecule has 1 heterocycles. The minimum absolute atomic E-state index is 0.0679. The van der Waals surface area contributed by atoms with Crippen molar-refractivity contribution in [1.82, 2.24) is 5.32 Å². The van der Waals surface area contributed by atoms with Crippen molar-refractivity contribution in [2.75, 3.05) is 6.54 Å². The lowest BCUT2D eigenvalue weighted by Crippen LogP contribution is -2.27. The molecule has 1 saturated heterocycles. The maximum atomic E-state index is 13.3. The molecule has 15 heavy (non-hydrogen) atoms. The van der Waals surface area contributed by atoms with Gasteiger partial charge >= 0.3 is 0 Å². The van der Waals surface area contributed by atoms with Gasteiger partial charge in [-0.2, -0.15) is 0 Å². The summed E-state index contributed by atoms with van der Waals surface area (Å²) in [6.45, 7) is 0.912. The molecule has 1 aromatic rings. The number of hydrogen-bond donors (Lipinski definition) is 1. The molecule has 1 unspecified atom stereocenters. The second-order valence-electron chi connectivity index (χ2n) is 3.79. The van der Waals surface area contributed by atoms with Gasteiger partial charge in [-0.15, -0.1) is 0 Å². The second-order valence-corrected chi connectivity index (χ2v) is 4.59. The van der Waals surface area contributed by atoms with E-state index in [-0.39, 0.29) is 6.04 Å². The molecule has 0 aromatic heterocycles. The third kappa shape index (κ3) is 2.37. The van der Waals surface area contributed by atoms with Crippen molar-refractivity contribution >= 4 is 15.9 Å². The number of benzene rings is 1. The van der Waals surface area contributed by atoms with Crippen molar-refractivity contribution in [3.63, 3.8) is 0 Å². The highest BCUT2D eigenvalue weighted by Gasteiger charge is 2.19. The highest BCUT2D eigenvalue weighted by Crippen LogP contribution is 2.31. The van der Waals surface area contributed by atoms with Gasteiger partial charge in [0.05, 0.1) is 4.47 Å². The van der Waals surface area contributed by atoms with Gasteiger partial charge < -0.3 is 5.32 Å². The molecule has 0 bridgehead atoms. The topological polar surface area (TPSA) is 12.0 Å². The van der Waals surface area contributed by atoms with Crippen molar-refractivity contribution in [1.29, 1.82) is 0 Å². The van der Waals surface area contributed by atoms with Gasteiger partial charge in [-0.25, -0.2) is 8.78 Å². The summed E-state index contributed by atoms with van der Waals surface area (Å²) in [4.78, 5) is 0. The summed E-state index contributed by atoms with van der Waals surface area (Å²) in [5.41, 5.74) is 0.687. The van der Waals surface area contributed by atoms with Gasteiger partial charge in [0.25, 0.3) is 0 Å². The van der Waals surface area contributed by atoms with Crippen LogP contribution in [0.3, 0.4) is 0 Å². The molecular formula is C11H12BrF2N. The number of nitrogens with one attached hydrogen (secondary N) is 1. The van der Waals surface area contributed by atoms with Gasteiger partial charge in [-0.1, -0.05) is 6.42 Å². The smallest absolute Gasteiger partial charge is 0.140 e. The third-order valence-electron chi connectivity index (χ3n) is 2.71. The van der Waals surface area contributed by atoms with Crippen molar-refractivity contribution in [3.8, 4) is 0 Å². The van der Waals surface area contributed by atoms with Crippen molar-refractivity contribution in [2.45, 2.75) is 25.3 Å². The van der Waals surface area contributed by atoms with Crippen LogP contribution in [0.2, 0.25) is 0 Å².